The van der Waals surface area contributed by atoms with Crippen molar-refractivity contribution in [3.05, 3.63) is 18.2 Å². The van der Waals surface area contributed by atoms with Crippen LogP contribution in [0.4, 0.5) is 0 Å². The Bertz CT molecular complexity index is 706. The van der Waals surface area contributed by atoms with E-state index in [0.717, 1.165) is 17.4 Å². The van der Waals surface area contributed by atoms with Crippen molar-refractivity contribution in [1.82, 2.24) is 0 Å². The van der Waals surface area contributed by atoms with E-state index in [4.69, 9.17) is 19.2 Å². The highest BCUT2D eigenvalue weighted by atomic mass is 31.1. The van der Waals surface area contributed by atoms with E-state index in [-0.39, 0.29) is 22.5 Å². The van der Waals surface area contributed by atoms with Crippen molar-refractivity contribution in [1.29, 1.82) is 0 Å². The Kier molecular flexibility index (Phi) is 5.03. The third-order valence-corrected chi connectivity index (χ3v) is 8.82. The molecule has 4 nitrogen and oxygen atoms in total. The molecule has 1 aromatic carbocycles. The van der Waals surface area contributed by atoms with Crippen molar-refractivity contribution in [3.8, 4) is 11.5 Å². The molecule has 2 aliphatic rings. The first-order valence-electron chi connectivity index (χ1n) is 9.41. The molecule has 144 valence electrons. The van der Waals surface area contributed by atoms with E-state index in [1.807, 2.05) is 12.1 Å². The van der Waals surface area contributed by atoms with Crippen LogP contribution in [0.5, 0.6) is 11.5 Å². The van der Waals surface area contributed by atoms with Gasteiger partial charge >= 0.3 is 0 Å². The Hall–Kier alpha value is -1.28. The monoisotopic (exact) mass is 377 g/mol. The van der Waals surface area contributed by atoms with Crippen LogP contribution in [0.15, 0.2) is 23.2 Å². The average molecular weight is 377 g/mol. The molecule has 2 heterocycles. The van der Waals surface area contributed by atoms with E-state index in [9.17, 15) is 0 Å². The van der Waals surface area contributed by atoms with Gasteiger partial charge in [0.15, 0.2) is 5.90 Å². The minimum Gasteiger partial charge on any atom is -0.496 e. The van der Waals surface area contributed by atoms with Gasteiger partial charge in [0.1, 0.15) is 24.0 Å². The number of rotatable bonds is 4. The largest absolute Gasteiger partial charge is 0.496 e. The van der Waals surface area contributed by atoms with Crippen LogP contribution in [0.1, 0.15) is 48.5 Å². The zero-order valence-corrected chi connectivity index (χ0v) is 18.2. The molecule has 0 spiro atoms. The summed E-state index contributed by atoms with van der Waals surface area (Å²) in [6.07, 6.45) is 0. The van der Waals surface area contributed by atoms with Gasteiger partial charge in [-0.15, -0.1) is 0 Å². The van der Waals surface area contributed by atoms with E-state index in [1.165, 1.54) is 5.30 Å². The molecular formula is C21H32NO3P. The normalized spacial score (nSPS) is 25.6. The Labute approximate surface area is 159 Å². The number of benzene rings is 1. The number of hydrogen-bond donors (Lipinski definition) is 0. The molecule has 26 heavy (non-hydrogen) atoms. The summed E-state index contributed by atoms with van der Waals surface area (Å²) >= 11 is 0. The Morgan fingerprint density at radius 1 is 1.19 bits per heavy atom. The molecule has 5 heteroatoms. The van der Waals surface area contributed by atoms with Crippen LogP contribution in [0, 0.1) is 11.3 Å². The molecule has 0 aliphatic carbocycles. The van der Waals surface area contributed by atoms with Crippen molar-refractivity contribution in [3.63, 3.8) is 0 Å². The standard InChI is InChI=1S/C21H32NO3P/c1-13(2)14-12-24-18(22-14)21(6,7)19-25-16-11-9-10-15(23-8)17(16)26(19)20(3,4)5/h9-11,13-14,19H,12H2,1-8H3/t14-,19+,26?/m1/s1. The fourth-order valence-electron chi connectivity index (χ4n) is 3.64. The smallest absolute Gasteiger partial charge is 0.193 e. The van der Waals surface area contributed by atoms with Crippen molar-refractivity contribution in [2.45, 2.75) is 65.5 Å². The van der Waals surface area contributed by atoms with Gasteiger partial charge in [-0.05, 0) is 45.0 Å². The number of methoxy groups -OCH3 is 1. The Morgan fingerprint density at radius 2 is 1.88 bits per heavy atom. The van der Waals surface area contributed by atoms with Gasteiger partial charge in [0.05, 0.1) is 23.9 Å². The molecular weight excluding hydrogens is 345 g/mol. The summed E-state index contributed by atoms with van der Waals surface area (Å²) in [5.74, 6) is 3.20. The summed E-state index contributed by atoms with van der Waals surface area (Å²) in [4.78, 5) is 4.92. The number of fused-ring (bicyclic) bond motifs is 1. The van der Waals surface area contributed by atoms with Gasteiger partial charge < -0.3 is 14.2 Å². The Morgan fingerprint density at radius 3 is 2.42 bits per heavy atom. The first-order valence-corrected chi connectivity index (χ1v) is 10.8. The Balaban J connectivity index is 2.03. The maximum Gasteiger partial charge on any atom is 0.193 e. The first kappa shape index (κ1) is 19.5. The number of aliphatic imine (C=N–C) groups is 1. The molecule has 0 N–H and O–H groups in total. The quantitative estimate of drug-likeness (QED) is 0.708. The molecule has 0 radical (unpaired) electrons. The zero-order valence-electron chi connectivity index (χ0n) is 17.3. The van der Waals surface area contributed by atoms with Crippen molar-refractivity contribution >= 4 is 19.1 Å². The summed E-state index contributed by atoms with van der Waals surface area (Å²) in [7, 11) is 1.10. The summed E-state index contributed by atoms with van der Waals surface area (Å²) in [5.41, 5.74) is -0.299. The van der Waals surface area contributed by atoms with Gasteiger partial charge in [0.2, 0.25) is 0 Å². The second-order valence-corrected chi connectivity index (χ2v) is 12.1. The predicted octanol–water partition coefficient (Wildman–Crippen LogP) is 4.80. The zero-order chi connectivity index (χ0) is 19.3. The van der Waals surface area contributed by atoms with Crippen LogP contribution < -0.4 is 14.8 Å². The lowest BCUT2D eigenvalue weighted by molar-refractivity contribution is 0.172. The lowest BCUT2D eigenvalue weighted by atomic mass is 9.94. The molecule has 0 saturated carbocycles. The summed E-state index contributed by atoms with van der Waals surface area (Å²) in [5, 5.41) is 1.31. The van der Waals surface area contributed by atoms with Crippen LogP contribution in [-0.2, 0) is 4.74 Å². The maximum atomic E-state index is 6.55. The van der Waals surface area contributed by atoms with Gasteiger partial charge in [-0.1, -0.05) is 40.7 Å². The van der Waals surface area contributed by atoms with Crippen LogP contribution in [-0.4, -0.2) is 36.7 Å². The lowest BCUT2D eigenvalue weighted by Crippen LogP contribution is -2.41. The SMILES string of the molecule is COc1cccc2c1P(C(C)(C)C)[C@@H](C(C)(C)C1=N[C@@H](C(C)C)CO1)O2. The maximum absolute atomic E-state index is 6.55. The van der Waals surface area contributed by atoms with Crippen molar-refractivity contribution in [2.24, 2.45) is 16.3 Å². The fraction of sp³-hybridized carbons (Fsp3) is 0.667. The molecule has 0 aromatic heterocycles. The van der Waals surface area contributed by atoms with E-state index in [2.05, 4.69) is 54.5 Å². The predicted molar refractivity (Wildman–Crippen MR) is 110 cm³/mol. The van der Waals surface area contributed by atoms with Gasteiger partial charge in [-0.2, -0.15) is 0 Å². The van der Waals surface area contributed by atoms with E-state index in [0.29, 0.717) is 12.5 Å². The molecule has 3 atom stereocenters. The molecule has 0 bridgehead atoms. The van der Waals surface area contributed by atoms with Gasteiger partial charge in [-0.3, -0.25) is 0 Å². The molecule has 3 rings (SSSR count). The third kappa shape index (κ3) is 3.22. The topological polar surface area (TPSA) is 40.0 Å². The second kappa shape index (κ2) is 6.71. The minimum absolute atomic E-state index is 0.00784. The van der Waals surface area contributed by atoms with Crippen LogP contribution in [0.3, 0.4) is 0 Å². The average Bonchev–Trinajstić information content (AvgIpc) is 3.19. The second-order valence-electron chi connectivity index (χ2n) is 9.10. The van der Waals surface area contributed by atoms with E-state index >= 15 is 0 Å². The van der Waals surface area contributed by atoms with Gasteiger partial charge in [0, 0.05) is 0 Å². The molecule has 1 aromatic rings. The van der Waals surface area contributed by atoms with Crippen LogP contribution >= 0.6 is 7.92 Å². The third-order valence-electron chi connectivity index (χ3n) is 5.23. The van der Waals surface area contributed by atoms with Crippen LogP contribution in [0.2, 0.25) is 0 Å². The van der Waals surface area contributed by atoms with Crippen molar-refractivity contribution in [2.75, 3.05) is 13.7 Å². The molecule has 0 amide bonds. The van der Waals surface area contributed by atoms with Crippen LogP contribution in [0.25, 0.3) is 0 Å². The minimum atomic E-state index is -0.634. The first-order chi connectivity index (χ1) is 12.1. The number of nitrogens with zero attached hydrogens (tertiary/aromatic N) is 1. The highest BCUT2D eigenvalue weighted by molar-refractivity contribution is 7.68. The molecule has 0 fully saturated rings. The van der Waals surface area contributed by atoms with E-state index in [1.54, 1.807) is 7.11 Å². The highest BCUT2D eigenvalue weighted by Crippen LogP contribution is 2.64. The number of ether oxygens (including phenoxy) is 3. The summed E-state index contributed by atoms with van der Waals surface area (Å²) < 4.78 is 18.3. The molecule has 0 saturated heterocycles. The summed E-state index contributed by atoms with van der Waals surface area (Å²) in [6, 6.07) is 6.34. The molecule has 1 unspecified atom stereocenters. The van der Waals surface area contributed by atoms with E-state index < -0.39 is 7.92 Å². The lowest BCUT2D eigenvalue weighted by Gasteiger charge is -2.39. The van der Waals surface area contributed by atoms with Gasteiger partial charge in [-0.25, -0.2) is 4.99 Å². The summed E-state index contributed by atoms with van der Waals surface area (Å²) in [6.45, 7) is 16.4. The van der Waals surface area contributed by atoms with Gasteiger partial charge in [0.25, 0.3) is 0 Å². The fourth-order valence-corrected chi connectivity index (χ4v) is 6.99. The van der Waals surface area contributed by atoms with Crippen molar-refractivity contribution < 1.29 is 14.2 Å². The molecule has 2 aliphatic heterocycles. The number of hydrogen-bond acceptors (Lipinski definition) is 4. The highest BCUT2D eigenvalue weighted by Gasteiger charge is 2.53.